The second kappa shape index (κ2) is 7.65. The first-order valence-electron chi connectivity index (χ1n) is 7.21. The summed E-state index contributed by atoms with van der Waals surface area (Å²) >= 11 is 0. The van der Waals surface area contributed by atoms with E-state index in [1.807, 2.05) is 0 Å². The maximum Gasteiger partial charge on any atom is 0.255 e. The van der Waals surface area contributed by atoms with Crippen LogP contribution in [-0.2, 0) is 4.79 Å². The number of hydrogen-bond donors (Lipinski definition) is 3. The highest BCUT2D eigenvalue weighted by molar-refractivity contribution is 5.95. The minimum absolute atomic E-state index is 0.137. The molecule has 2 amide bonds. The Hall–Kier alpha value is -2.28. The Morgan fingerprint density at radius 1 is 1.41 bits per heavy atom. The number of nitrogens with one attached hydrogen (secondary N) is 2. The summed E-state index contributed by atoms with van der Waals surface area (Å²) in [4.78, 5) is 23.0. The SMILES string of the molecule is COc1cc(C(=O)N[C@H]2CCCNC2)ccc1OCC(N)=O. The molecule has 0 spiro atoms. The third-order valence-corrected chi connectivity index (χ3v) is 3.43. The Morgan fingerprint density at radius 3 is 2.86 bits per heavy atom. The fourth-order valence-electron chi connectivity index (χ4n) is 2.32. The Balaban J connectivity index is 2.04. The number of primary amides is 1. The predicted molar refractivity (Wildman–Crippen MR) is 81.0 cm³/mol. The van der Waals surface area contributed by atoms with Gasteiger partial charge in [-0.15, -0.1) is 0 Å². The van der Waals surface area contributed by atoms with Crippen molar-refractivity contribution in [2.24, 2.45) is 5.73 Å². The Kier molecular flexibility index (Phi) is 5.60. The summed E-state index contributed by atoms with van der Waals surface area (Å²) in [5, 5.41) is 6.23. The van der Waals surface area contributed by atoms with Gasteiger partial charge in [0.05, 0.1) is 7.11 Å². The third kappa shape index (κ3) is 4.36. The van der Waals surface area contributed by atoms with Crippen LogP contribution in [0.5, 0.6) is 11.5 Å². The van der Waals surface area contributed by atoms with Gasteiger partial charge in [-0.3, -0.25) is 9.59 Å². The molecule has 0 radical (unpaired) electrons. The summed E-state index contributed by atoms with van der Waals surface area (Å²) in [6.07, 6.45) is 2.02. The van der Waals surface area contributed by atoms with Crippen LogP contribution in [0.25, 0.3) is 0 Å². The number of ether oxygens (including phenoxy) is 2. The van der Waals surface area contributed by atoms with Crippen LogP contribution < -0.4 is 25.8 Å². The monoisotopic (exact) mass is 307 g/mol. The van der Waals surface area contributed by atoms with Crippen molar-refractivity contribution in [2.75, 3.05) is 26.8 Å². The van der Waals surface area contributed by atoms with E-state index in [9.17, 15) is 9.59 Å². The molecule has 1 fully saturated rings. The number of carbonyl (C=O) groups is 2. The Labute approximate surface area is 129 Å². The second-order valence-electron chi connectivity index (χ2n) is 5.14. The normalized spacial score (nSPS) is 17.6. The number of benzene rings is 1. The molecule has 1 heterocycles. The zero-order chi connectivity index (χ0) is 15.9. The van der Waals surface area contributed by atoms with E-state index in [1.165, 1.54) is 7.11 Å². The Morgan fingerprint density at radius 2 is 2.23 bits per heavy atom. The van der Waals surface area contributed by atoms with Gasteiger partial charge in [-0.1, -0.05) is 0 Å². The van der Waals surface area contributed by atoms with Crippen LogP contribution in [0, 0.1) is 0 Å². The molecule has 22 heavy (non-hydrogen) atoms. The molecule has 1 aliphatic rings. The molecule has 0 unspecified atom stereocenters. The molecule has 7 heteroatoms. The highest BCUT2D eigenvalue weighted by Crippen LogP contribution is 2.28. The van der Waals surface area contributed by atoms with Crippen LogP contribution in [0.4, 0.5) is 0 Å². The number of methoxy groups -OCH3 is 1. The van der Waals surface area contributed by atoms with Gasteiger partial charge in [0, 0.05) is 18.2 Å². The molecule has 7 nitrogen and oxygen atoms in total. The lowest BCUT2D eigenvalue weighted by atomic mass is 10.1. The van der Waals surface area contributed by atoms with Gasteiger partial charge in [-0.05, 0) is 37.6 Å². The molecule has 0 saturated carbocycles. The second-order valence-corrected chi connectivity index (χ2v) is 5.14. The summed E-state index contributed by atoms with van der Waals surface area (Å²) in [7, 11) is 1.47. The van der Waals surface area contributed by atoms with Gasteiger partial charge >= 0.3 is 0 Å². The van der Waals surface area contributed by atoms with E-state index in [4.69, 9.17) is 15.2 Å². The average molecular weight is 307 g/mol. The fraction of sp³-hybridized carbons (Fsp3) is 0.467. The zero-order valence-corrected chi connectivity index (χ0v) is 12.6. The summed E-state index contributed by atoms with van der Waals surface area (Å²) in [6.45, 7) is 1.53. The lowest BCUT2D eigenvalue weighted by Crippen LogP contribution is -2.45. The summed E-state index contributed by atoms with van der Waals surface area (Å²) in [5.41, 5.74) is 5.52. The number of hydrogen-bond acceptors (Lipinski definition) is 5. The third-order valence-electron chi connectivity index (χ3n) is 3.43. The molecule has 1 aromatic carbocycles. The predicted octanol–water partition coefficient (Wildman–Crippen LogP) is 0.0411. The fourth-order valence-corrected chi connectivity index (χ4v) is 2.32. The van der Waals surface area contributed by atoms with E-state index in [-0.39, 0.29) is 18.6 Å². The van der Waals surface area contributed by atoms with E-state index in [2.05, 4.69) is 10.6 Å². The summed E-state index contributed by atoms with van der Waals surface area (Å²) in [6, 6.07) is 4.94. The van der Waals surface area contributed by atoms with Crippen molar-refractivity contribution < 1.29 is 19.1 Å². The van der Waals surface area contributed by atoms with Crippen molar-refractivity contribution in [3.63, 3.8) is 0 Å². The molecular weight excluding hydrogens is 286 g/mol. The lowest BCUT2D eigenvalue weighted by molar-refractivity contribution is -0.119. The molecule has 0 bridgehead atoms. The van der Waals surface area contributed by atoms with E-state index in [0.717, 1.165) is 25.9 Å². The average Bonchev–Trinajstić information content (AvgIpc) is 2.53. The minimum Gasteiger partial charge on any atom is -0.493 e. The van der Waals surface area contributed by atoms with Gasteiger partial charge in [-0.25, -0.2) is 0 Å². The number of nitrogens with two attached hydrogens (primary N) is 1. The lowest BCUT2D eigenvalue weighted by Gasteiger charge is -2.24. The molecule has 120 valence electrons. The number of piperidine rings is 1. The van der Waals surface area contributed by atoms with Gasteiger partial charge in [0.1, 0.15) is 0 Å². The van der Waals surface area contributed by atoms with Gasteiger partial charge in [-0.2, -0.15) is 0 Å². The minimum atomic E-state index is -0.575. The van der Waals surface area contributed by atoms with Crippen LogP contribution in [0.3, 0.4) is 0 Å². The zero-order valence-electron chi connectivity index (χ0n) is 12.6. The summed E-state index contributed by atoms with van der Waals surface area (Å²) < 4.78 is 10.4. The smallest absolute Gasteiger partial charge is 0.255 e. The summed E-state index contributed by atoms with van der Waals surface area (Å²) in [5.74, 6) is 0.0231. The molecule has 1 atom stereocenters. The first-order chi connectivity index (χ1) is 10.6. The quantitative estimate of drug-likeness (QED) is 0.688. The van der Waals surface area contributed by atoms with Crippen LogP contribution in [0.1, 0.15) is 23.2 Å². The topological polar surface area (TPSA) is 103 Å². The number of carbonyl (C=O) groups excluding carboxylic acids is 2. The molecule has 2 rings (SSSR count). The van der Waals surface area contributed by atoms with Crippen molar-refractivity contribution in [3.8, 4) is 11.5 Å². The number of rotatable bonds is 6. The molecule has 0 aromatic heterocycles. The molecule has 1 saturated heterocycles. The van der Waals surface area contributed by atoms with Crippen molar-refractivity contribution in [1.29, 1.82) is 0 Å². The van der Waals surface area contributed by atoms with Crippen molar-refractivity contribution in [2.45, 2.75) is 18.9 Å². The molecular formula is C15H21N3O4. The first-order valence-corrected chi connectivity index (χ1v) is 7.21. The molecule has 1 aromatic rings. The maximum atomic E-state index is 12.2. The highest BCUT2D eigenvalue weighted by atomic mass is 16.5. The Bertz CT molecular complexity index is 542. The van der Waals surface area contributed by atoms with E-state index in [1.54, 1.807) is 18.2 Å². The first kappa shape index (κ1) is 16.1. The van der Waals surface area contributed by atoms with Crippen molar-refractivity contribution in [1.82, 2.24) is 10.6 Å². The standard InChI is InChI=1S/C15H21N3O4/c1-21-13-7-10(4-5-12(13)22-9-14(16)19)15(20)18-11-3-2-6-17-8-11/h4-5,7,11,17H,2-3,6,8-9H2,1H3,(H2,16,19)(H,18,20)/t11-/m0/s1. The van der Waals surface area contributed by atoms with Gasteiger partial charge in [0.15, 0.2) is 18.1 Å². The van der Waals surface area contributed by atoms with Crippen LogP contribution in [-0.4, -0.2) is 44.7 Å². The van der Waals surface area contributed by atoms with Crippen molar-refractivity contribution >= 4 is 11.8 Å². The van der Waals surface area contributed by atoms with Crippen LogP contribution in [0.15, 0.2) is 18.2 Å². The van der Waals surface area contributed by atoms with Gasteiger partial charge in [0.25, 0.3) is 11.8 Å². The van der Waals surface area contributed by atoms with E-state index in [0.29, 0.717) is 17.1 Å². The van der Waals surface area contributed by atoms with Gasteiger partial charge < -0.3 is 25.8 Å². The van der Waals surface area contributed by atoms with Gasteiger partial charge in [0.2, 0.25) is 0 Å². The van der Waals surface area contributed by atoms with Crippen molar-refractivity contribution in [3.05, 3.63) is 23.8 Å². The maximum absolute atomic E-state index is 12.2. The molecule has 0 aliphatic carbocycles. The molecule has 1 aliphatic heterocycles. The van der Waals surface area contributed by atoms with E-state index < -0.39 is 5.91 Å². The highest BCUT2D eigenvalue weighted by Gasteiger charge is 2.17. The molecule has 4 N–H and O–H groups in total. The number of amides is 2. The van der Waals surface area contributed by atoms with Crippen LogP contribution >= 0.6 is 0 Å². The van der Waals surface area contributed by atoms with Crippen LogP contribution in [0.2, 0.25) is 0 Å². The van der Waals surface area contributed by atoms with E-state index >= 15 is 0 Å². The largest absolute Gasteiger partial charge is 0.493 e.